The van der Waals surface area contributed by atoms with E-state index in [0.29, 0.717) is 0 Å². The minimum Gasteiger partial charge on any atom is -0.0911 e. The molecule has 0 saturated heterocycles. The molecule has 0 heterocycles. The summed E-state index contributed by atoms with van der Waals surface area (Å²) in [6, 6.07) is 0. The smallest absolute Gasteiger partial charge is 0.00209 e. The molecular formula is C10H17. The Labute approximate surface area is 64.6 Å². The molecule has 0 aromatic heterocycles. The van der Waals surface area contributed by atoms with Crippen molar-refractivity contribution in [2.24, 2.45) is 0 Å². The number of hydrogen-bond donors (Lipinski definition) is 0. The second-order valence-electron chi connectivity index (χ2n) is 2.83. The van der Waals surface area contributed by atoms with Crippen molar-refractivity contribution >= 4 is 0 Å². The summed E-state index contributed by atoms with van der Waals surface area (Å²) in [6.45, 7) is 8.46. The zero-order valence-corrected chi connectivity index (χ0v) is 7.44. The van der Waals surface area contributed by atoms with Crippen LogP contribution in [0.2, 0.25) is 0 Å². The molecule has 0 N–H and O–H groups in total. The summed E-state index contributed by atoms with van der Waals surface area (Å²) in [5.74, 6) is 1.42. The molecule has 0 heteroatoms. The molecule has 0 bridgehead atoms. The Hall–Kier alpha value is -0.520. The molecule has 0 saturated carbocycles. The van der Waals surface area contributed by atoms with Gasteiger partial charge in [-0.05, 0) is 33.1 Å². The van der Waals surface area contributed by atoms with Gasteiger partial charge in [-0.3, -0.25) is 0 Å². The summed E-state index contributed by atoms with van der Waals surface area (Å²) >= 11 is 0. The van der Waals surface area contributed by atoms with Crippen LogP contribution in [0.4, 0.5) is 0 Å². The highest BCUT2D eigenvalue weighted by Gasteiger charge is 1.91. The standard InChI is InChI=1S/C10H17/c1-5-6-10(4)8-7-9(2)3/h5-7H,8H2,1-4H3. The van der Waals surface area contributed by atoms with E-state index in [2.05, 4.69) is 39.0 Å². The van der Waals surface area contributed by atoms with Crippen molar-refractivity contribution < 1.29 is 0 Å². The fraction of sp³-hybridized carbons (Fsp3) is 0.500. The number of rotatable bonds is 3. The van der Waals surface area contributed by atoms with Crippen LogP contribution in [-0.2, 0) is 0 Å². The van der Waals surface area contributed by atoms with E-state index in [4.69, 9.17) is 0 Å². The third kappa shape index (κ3) is 5.61. The number of allylic oxidation sites excluding steroid dienone is 4. The molecule has 0 amide bonds. The fourth-order valence-electron chi connectivity index (χ4n) is 0.718. The van der Waals surface area contributed by atoms with E-state index in [1.54, 1.807) is 0 Å². The monoisotopic (exact) mass is 137 g/mol. The van der Waals surface area contributed by atoms with Gasteiger partial charge in [-0.1, -0.05) is 30.7 Å². The molecule has 0 atom stereocenters. The van der Waals surface area contributed by atoms with Crippen LogP contribution in [0.3, 0.4) is 0 Å². The SMILES string of the molecule is CC=C[C](C)CC=C(C)C. The number of hydrogen-bond acceptors (Lipinski definition) is 0. The van der Waals surface area contributed by atoms with Gasteiger partial charge in [-0.15, -0.1) is 0 Å². The molecule has 0 aliphatic carbocycles. The van der Waals surface area contributed by atoms with Crippen LogP contribution in [0.1, 0.15) is 34.1 Å². The molecule has 0 nitrogen and oxygen atoms in total. The minimum atomic E-state index is 1.09. The van der Waals surface area contributed by atoms with Crippen molar-refractivity contribution in [2.75, 3.05) is 0 Å². The van der Waals surface area contributed by atoms with Crippen molar-refractivity contribution in [1.82, 2.24) is 0 Å². The predicted octanol–water partition coefficient (Wildman–Crippen LogP) is 3.51. The van der Waals surface area contributed by atoms with E-state index in [9.17, 15) is 0 Å². The maximum atomic E-state index is 2.25. The van der Waals surface area contributed by atoms with Crippen LogP contribution in [0.5, 0.6) is 0 Å². The molecule has 0 aliphatic heterocycles. The van der Waals surface area contributed by atoms with E-state index in [0.717, 1.165) is 6.42 Å². The molecular weight excluding hydrogens is 120 g/mol. The highest BCUT2D eigenvalue weighted by atomic mass is 14.0. The van der Waals surface area contributed by atoms with Gasteiger partial charge in [0.2, 0.25) is 0 Å². The van der Waals surface area contributed by atoms with E-state index >= 15 is 0 Å². The van der Waals surface area contributed by atoms with Crippen molar-refractivity contribution in [1.29, 1.82) is 0 Å². The Bertz CT molecular complexity index is 125. The van der Waals surface area contributed by atoms with E-state index in [1.807, 2.05) is 6.92 Å². The average molecular weight is 137 g/mol. The van der Waals surface area contributed by atoms with Gasteiger partial charge in [0.25, 0.3) is 0 Å². The maximum Gasteiger partial charge on any atom is -0.00209 e. The first-order valence-electron chi connectivity index (χ1n) is 3.75. The molecule has 1 radical (unpaired) electrons. The summed E-state index contributed by atoms with van der Waals surface area (Å²) in [4.78, 5) is 0. The van der Waals surface area contributed by atoms with E-state index in [1.165, 1.54) is 11.5 Å². The maximum absolute atomic E-state index is 2.25. The van der Waals surface area contributed by atoms with Crippen molar-refractivity contribution in [3.8, 4) is 0 Å². The molecule has 0 spiro atoms. The topological polar surface area (TPSA) is 0 Å². The summed E-state index contributed by atoms with van der Waals surface area (Å²) in [5, 5.41) is 0. The first-order chi connectivity index (χ1) is 4.66. The third-order valence-electron chi connectivity index (χ3n) is 1.28. The average Bonchev–Trinajstić information content (AvgIpc) is 1.85. The third-order valence-corrected chi connectivity index (χ3v) is 1.28. The van der Waals surface area contributed by atoms with Crippen molar-refractivity contribution in [2.45, 2.75) is 34.1 Å². The van der Waals surface area contributed by atoms with Gasteiger partial charge in [-0.2, -0.15) is 0 Å². The molecule has 0 rings (SSSR count). The molecule has 57 valence electrons. The lowest BCUT2D eigenvalue weighted by molar-refractivity contribution is 1.05. The normalized spacial score (nSPS) is 10.9. The first kappa shape index (κ1) is 9.48. The van der Waals surface area contributed by atoms with Gasteiger partial charge in [0.1, 0.15) is 0 Å². The minimum absolute atomic E-state index is 1.09. The van der Waals surface area contributed by atoms with E-state index in [-0.39, 0.29) is 0 Å². The van der Waals surface area contributed by atoms with Gasteiger partial charge < -0.3 is 0 Å². The lowest BCUT2D eigenvalue weighted by atomic mass is 10.1. The Morgan fingerprint density at radius 2 is 1.80 bits per heavy atom. The quantitative estimate of drug-likeness (QED) is 0.522. The summed E-state index contributed by atoms with van der Waals surface area (Å²) in [7, 11) is 0. The van der Waals surface area contributed by atoms with Gasteiger partial charge in [0.05, 0.1) is 0 Å². The molecule has 0 aliphatic rings. The second kappa shape index (κ2) is 5.28. The Morgan fingerprint density at radius 3 is 2.20 bits per heavy atom. The molecule has 10 heavy (non-hydrogen) atoms. The summed E-state index contributed by atoms with van der Waals surface area (Å²) in [6.07, 6.45) is 7.57. The lowest BCUT2D eigenvalue weighted by Gasteiger charge is -1.99. The van der Waals surface area contributed by atoms with E-state index < -0.39 is 0 Å². The molecule has 0 aromatic rings. The van der Waals surface area contributed by atoms with Crippen LogP contribution >= 0.6 is 0 Å². The van der Waals surface area contributed by atoms with Gasteiger partial charge in [0, 0.05) is 0 Å². The molecule has 0 aromatic carbocycles. The summed E-state index contributed by atoms with van der Waals surface area (Å²) < 4.78 is 0. The van der Waals surface area contributed by atoms with Crippen molar-refractivity contribution in [3.63, 3.8) is 0 Å². The fourth-order valence-corrected chi connectivity index (χ4v) is 0.718. The van der Waals surface area contributed by atoms with Crippen LogP contribution in [0.25, 0.3) is 0 Å². The first-order valence-corrected chi connectivity index (χ1v) is 3.75. The van der Waals surface area contributed by atoms with Crippen LogP contribution < -0.4 is 0 Å². The zero-order valence-electron chi connectivity index (χ0n) is 7.44. The van der Waals surface area contributed by atoms with Gasteiger partial charge >= 0.3 is 0 Å². The predicted molar refractivity (Wildman–Crippen MR) is 47.8 cm³/mol. The second-order valence-corrected chi connectivity index (χ2v) is 2.83. The Balaban J connectivity index is 3.59. The Morgan fingerprint density at radius 1 is 1.20 bits per heavy atom. The molecule has 0 fully saturated rings. The summed E-state index contributed by atoms with van der Waals surface area (Å²) in [5.41, 5.74) is 1.39. The lowest BCUT2D eigenvalue weighted by Crippen LogP contribution is -1.82. The van der Waals surface area contributed by atoms with Gasteiger partial charge in [0.15, 0.2) is 0 Å². The largest absolute Gasteiger partial charge is 0.0911 e. The van der Waals surface area contributed by atoms with Crippen LogP contribution in [0.15, 0.2) is 23.8 Å². The zero-order chi connectivity index (χ0) is 7.98. The Kier molecular flexibility index (Phi) is 5.00. The molecule has 0 unspecified atom stereocenters. The van der Waals surface area contributed by atoms with Gasteiger partial charge in [-0.25, -0.2) is 0 Å². The van der Waals surface area contributed by atoms with Crippen LogP contribution in [0, 0.1) is 5.92 Å². The highest BCUT2D eigenvalue weighted by Crippen LogP contribution is 2.08. The highest BCUT2D eigenvalue weighted by molar-refractivity contribution is 5.11. The van der Waals surface area contributed by atoms with Crippen LogP contribution in [-0.4, -0.2) is 0 Å². The van der Waals surface area contributed by atoms with Crippen molar-refractivity contribution in [3.05, 3.63) is 29.7 Å².